The van der Waals surface area contributed by atoms with Crippen molar-refractivity contribution in [2.75, 3.05) is 39.3 Å². The molecule has 0 aromatic heterocycles. The van der Waals surface area contributed by atoms with Crippen LogP contribution in [0.4, 0.5) is 0 Å². The Kier molecular flexibility index (Phi) is 6.21. The van der Waals surface area contributed by atoms with Crippen LogP contribution in [0.15, 0.2) is 30.3 Å². The van der Waals surface area contributed by atoms with Crippen LogP contribution in [0.3, 0.4) is 0 Å². The molecule has 2 amide bonds. The number of imide groups is 1. The summed E-state index contributed by atoms with van der Waals surface area (Å²) < 4.78 is 0. The van der Waals surface area contributed by atoms with Crippen LogP contribution in [0.25, 0.3) is 10.8 Å². The van der Waals surface area contributed by atoms with Gasteiger partial charge in [0.05, 0.1) is 0 Å². The van der Waals surface area contributed by atoms with Gasteiger partial charge in [0.15, 0.2) is 0 Å². The molecule has 1 aliphatic heterocycles. The summed E-state index contributed by atoms with van der Waals surface area (Å²) in [7, 11) is 0. The van der Waals surface area contributed by atoms with E-state index in [1.165, 1.54) is 4.90 Å². The Morgan fingerprint density at radius 2 is 1.62 bits per heavy atom. The van der Waals surface area contributed by atoms with Gasteiger partial charge in [-0.2, -0.15) is 0 Å². The topological polar surface area (TPSA) is 87.5 Å². The van der Waals surface area contributed by atoms with E-state index < -0.39 is 0 Å². The lowest BCUT2D eigenvalue weighted by Crippen LogP contribution is -2.44. The molecule has 1 heterocycles. The standard InChI is InChI=1S/C19H23ClN4O2/c20-16-6-5-15-17-13(16)3-1-4-14(17)18(25)24(19(15)26)12-11-23-9-2-8-22-10-7-21/h1,3-6,22-23H,2,7-12,21H2. The number of nitrogens with one attached hydrogen (secondary N) is 2. The normalized spacial score (nSPS) is 13.7. The summed E-state index contributed by atoms with van der Waals surface area (Å²) in [6.45, 7) is 4.05. The molecule has 26 heavy (non-hydrogen) atoms. The number of hydrogen-bond donors (Lipinski definition) is 3. The van der Waals surface area contributed by atoms with Gasteiger partial charge in [0.2, 0.25) is 0 Å². The monoisotopic (exact) mass is 374 g/mol. The van der Waals surface area contributed by atoms with Gasteiger partial charge in [-0.15, -0.1) is 0 Å². The first-order valence-corrected chi connectivity index (χ1v) is 9.22. The number of nitrogens with two attached hydrogens (primary N) is 1. The molecule has 1 aliphatic rings. The van der Waals surface area contributed by atoms with Gasteiger partial charge in [-0.3, -0.25) is 14.5 Å². The Morgan fingerprint density at radius 3 is 2.35 bits per heavy atom. The molecule has 0 spiro atoms. The maximum Gasteiger partial charge on any atom is 0.261 e. The Balaban J connectivity index is 1.64. The van der Waals surface area contributed by atoms with Crippen LogP contribution in [-0.4, -0.2) is 56.0 Å². The molecule has 0 atom stereocenters. The van der Waals surface area contributed by atoms with Gasteiger partial charge in [0, 0.05) is 53.1 Å². The van der Waals surface area contributed by atoms with Crippen molar-refractivity contribution < 1.29 is 9.59 Å². The molecule has 0 saturated heterocycles. The van der Waals surface area contributed by atoms with E-state index >= 15 is 0 Å². The molecule has 3 rings (SSSR count). The van der Waals surface area contributed by atoms with Crippen molar-refractivity contribution in [3.8, 4) is 0 Å². The first-order chi connectivity index (χ1) is 12.6. The lowest BCUT2D eigenvalue weighted by Gasteiger charge is -2.27. The third kappa shape index (κ3) is 3.73. The van der Waals surface area contributed by atoms with E-state index in [0.29, 0.717) is 41.2 Å². The maximum absolute atomic E-state index is 12.8. The molecule has 138 valence electrons. The molecule has 6 nitrogen and oxygen atoms in total. The average molecular weight is 375 g/mol. The summed E-state index contributed by atoms with van der Waals surface area (Å²) in [5.41, 5.74) is 6.48. The van der Waals surface area contributed by atoms with Gasteiger partial charge in [0.1, 0.15) is 0 Å². The van der Waals surface area contributed by atoms with Crippen LogP contribution in [0.2, 0.25) is 5.02 Å². The summed E-state index contributed by atoms with van der Waals surface area (Å²) in [4.78, 5) is 26.9. The summed E-state index contributed by atoms with van der Waals surface area (Å²) in [5.74, 6) is -0.524. The zero-order chi connectivity index (χ0) is 18.5. The minimum Gasteiger partial charge on any atom is -0.329 e. The van der Waals surface area contributed by atoms with Gasteiger partial charge < -0.3 is 16.4 Å². The zero-order valence-corrected chi connectivity index (χ0v) is 15.3. The molecule has 0 aliphatic carbocycles. The van der Waals surface area contributed by atoms with Crippen molar-refractivity contribution in [1.82, 2.24) is 15.5 Å². The van der Waals surface area contributed by atoms with Crippen LogP contribution in [-0.2, 0) is 0 Å². The fraction of sp³-hybridized carbons (Fsp3) is 0.368. The minimum atomic E-state index is -0.262. The molecule has 2 aromatic carbocycles. The molecule has 0 saturated carbocycles. The molecule has 0 unspecified atom stereocenters. The molecule has 4 N–H and O–H groups in total. The first kappa shape index (κ1) is 18.8. The van der Waals surface area contributed by atoms with E-state index in [1.807, 2.05) is 6.07 Å². The molecular weight excluding hydrogens is 352 g/mol. The highest BCUT2D eigenvalue weighted by molar-refractivity contribution is 6.38. The van der Waals surface area contributed by atoms with Crippen LogP contribution < -0.4 is 16.4 Å². The molecule has 0 bridgehead atoms. The molecular formula is C19H23ClN4O2. The van der Waals surface area contributed by atoms with E-state index in [1.54, 1.807) is 24.3 Å². The summed E-state index contributed by atoms with van der Waals surface area (Å²) in [6, 6.07) is 8.79. The second kappa shape index (κ2) is 8.60. The summed E-state index contributed by atoms with van der Waals surface area (Å²) in [5, 5.41) is 8.44. The number of benzene rings is 2. The second-order valence-corrected chi connectivity index (χ2v) is 6.63. The zero-order valence-electron chi connectivity index (χ0n) is 14.6. The van der Waals surface area contributed by atoms with Gasteiger partial charge in [-0.05, 0) is 37.7 Å². The third-order valence-corrected chi connectivity index (χ3v) is 4.81. The lowest BCUT2D eigenvalue weighted by atomic mass is 9.94. The predicted molar refractivity (Wildman–Crippen MR) is 104 cm³/mol. The minimum absolute atomic E-state index is 0.262. The van der Waals surface area contributed by atoms with Crippen LogP contribution in [0.1, 0.15) is 27.1 Å². The first-order valence-electron chi connectivity index (χ1n) is 8.84. The van der Waals surface area contributed by atoms with E-state index in [2.05, 4.69) is 10.6 Å². The highest BCUT2D eigenvalue weighted by Gasteiger charge is 2.32. The highest BCUT2D eigenvalue weighted by Crippen LogP contribution is 2.33. The SMILES string of the molecule is NCCNCCCNCCN1C(=O)c2cccc3c(Cl)ccc(c23)C1=O. The number of halogens is 1. The molecule has 0 radical (unpaired) electrons. The van der Waals surface area contributed by atoms with Crippen LogP contribution >= 0.6 is 11.6 Å². The van der Waals surface area contributed by atoms with Gasteiger partial charge in [0.25, 0.3) is 11.8 Å². The van der Waals surface area contributed by atoms with Gasteiger partial charge in [-0.1, -0.05) is 23.7 Å². The van der Waals surface area contributed by atoms with Crippen molar-refractivity contribution in [1.29, 1.82) is 0 Å². The average Bonchev–Trinajstić information content (AvgIpc) is 2.65. The van der Waals surface area contributed by atoms with E-state index in [0.717, 1.165) is 31.4 Å². The number of carbonyl (C=O) groups is 2. The molecule has 7 heteroatoms. The van der Waals surface area contributed by atoms with Crippen molar-refractivity contribution in [2.24, 2.45) is 5.73 Å². The lowest BCUT2D eigenvalue weighted by molar-refractivity contribution is 0.0612. The highest BCUT2D eigenvalue weighted by atomic mass is 35.5. The Bertz CT molecular complexity index is 802. The molecule has 2 aromatic rings. The Labute approximate surface area is 157 Å². The second-order valence-electron chi connectivity index (χ2n) is 6.23. The van der Waals surface area contributed by atoms with Gasteiger partial charge >= 0.3 is 0 Å². The van der Waals surface area contributed by atoms with Crippen LogP contribution in [0, 0.1) is 0 Å². The number of hydrogen-bond acceptors (Lipinski definition) is 5. The Morgan fingerprint density at radius 1 is 0.923 bits per heavy atom. The predicted octanol–water partition coefficient (Wildman–Crippen LogP) is 1.62. The number of nitrogens with zero attached hydrogens (tertiary/aromatic N) is 1. The summed E-state index contributed by atoms with van der Waals surface area (Å²) in [6.07, 6.45) is 0.961. The van der Waals surface area contributed by atoms with Crippen molar-refractivity contribution >= 4 is 34.2 Å². The summed E-state index contributed by atoms with van der Waals surface area (Å²) >= 11 is 6.22. The van der Waals surface area contributed by atoms with Gasteiger partial charge in [-0.25, -0.2) is 0 Å². The van der Waals surface area contributed by atoms with E-state index in [4.69, 9.17) is 17.3 Å². The van der Waals surface area contributed by atoms with E-state index in [-0.39, 0.29) is 11.8 Å². The Hall–Kier alpha value is -1.99. The number of rotatable bonds is 9. The van der Waals surface area contributed by atoms with E-state index in [9.17, 15) is 9.59 Å². The molecule has 0 fully saturated rings. The maximum atomic E-state index is 12.8. The fourth-order valence-electron chi connectivity index (χ4n) is 3.19. The quantitative estimate of drug-likeness (QED) is 0.458. The smallest absolute Gasteiger partial charge is 0.261 e. The third-order valence-electron chi connectivity index (χ3n) is 4.48. The van der Waals surface area contributed by atoms with Crippen molar-refractivity contribution in [2.45, 2.75) is 6.42 Å². The van der Waals surface area contributed by atoms with Crippen molar-refractivity contribution in [3.05, 3.63) is 46.5 Å². The van der Waals surface area contributed by atoms with Crippen LogP contribution in [0.5, 0.6) is 0 Å². The number of amides is 2. The fourth-order valence-corrected chi connectivity index (χ4v) is 3.42. The van der Waals surface area contributed by atoms with Crippen molar-refractivity contribution in [3.63, 3.8) is 0 Å². The number of carbonyl (C=O) groups excluding carboxylic acids is 2. The largest absolute Gasteiger partial charge is 0.329 e.